The van der Waals surface area contributed by atoms with Crippen molar-refractivity contribution in [2.45, 2.75) is 30.4 Å². The minimum absolute atomic E-state index is 0.149. The molecule has 1 aromatic carbocycles. The van der Waals surface area contributed by atoms with E-state index < -0.39 is 0 Å². The van der Waals surface area contributed by atoms with E-state index in [9.17, 15) is 4.79 Å². The van der Waals surface area contributed by atoms with E-state index in [0.717, 1.165) is 29.9 Å². The van der Waals surface area contributed by atoms with E-state index in [1.165, 1.54) is 0 Å². The van der Waals surface area contributed by atoms with Gasteiger partial charge in [0, 0.05) is 37.0 Å². The van der Waals surface area contributed by atoms with Crippen LogP contribution in [0.1, 0.15) is 18.4 Å². The molecule has 4 nitrogen and oxygen atoms in total. The summed E-state index contributed by atoms with van der Waals surface area (Å²) in [6, 6.07) is 14.0. The first-order valence-electron chi connectivity index (χ1n) is 8.27. The number of ether oxygens (including phenoxy) is 1. The van der Waals surface area contributed by atoms with Crippen LogP contribution in [0.15, 0.2) is 59.8 Å². The van der Waals surface area contributed by atoms with Crippen LogP contribution in [0.3, 0.4) is 0 Å². The second kappa shape index (κ2) is 8.85. The third kappa shape index (κ3) is 5.08. The van der Waals surface area contributed by atoms with Gasteiger partial charge in [-0.25, -0.2) is 0 Å². The number of benzene rings is 1. The third-order valence-electron chi connectivity index (χ3n) is 4.03. The van der Waals surface area contributed by atoms with E-state index >= 15 is 0 Å². The van der Waals surface area contributed by atoms with Crippen LogP contribution < -0.4 is 0 Å². The van der Waals surface area contributed by atoms with Crippen LogP contribution in [-0.4, -0.2) is 40.8 Å². The number of nitrogens with zero attached hydrogens (tertiary/aromatic N) is 2. The Morgan fingerprint density at radius 2 is 2.00 bits per heavy atom. The lowest BCUT2D eigenvalue weighted by Crippen LogP contribution is -2.38. The molecule has 3 rings (SSSR count). The van der Waals surface area contributed by atoms with Gasteiger partial charge in [0.05, 0.1) is 11.9 Å². The van der Waals surface area contributed by atoms with Gasteiger partial charge in [-0.2, -0.15) is 0 Å². The van der Waals surface area contributed by atoms with Crippen molar-refractivity contribution < 1.29 is 9.53 Å². The van der Waals surface area contributed by atoms with Crippen LogP contribution >= 0.6 is 11.8 Å². The van der Waals surface area contributed by atoms with Crippen molar-refractivity contribution in [3.8, 4) is 0 Å². The fourth-order valence-electron chi connectivity index (χ4n) is 2.76. The Balaban J connectivity index is 1.62. The van der Waals surface area contributed by atoms with Gasteiger partial charge in [-0.1, -0.05) is 30.3 Å². The second-order valence-electron chi connectivity index (χ2n) is 5.87. The summed E-state index contributed by atoms with van der Waals surface area (Å²) in [5.74, 6) is 0.583. The van der Waals surface area contributed by atoms with Gasteiger partial charge in [-0.3, -0.25) is 9.78 Å². The van der Waals surface area contributed by atoms with Crippen molar-refractivity contribution >= 4 is 17.7 Å². The minimum Gasteiger partial charge on any atom is -0.376 e. The molecule has 1 atom stereocenters. The molecule has 2 aromatic rings. The highest BCUT2D eigenvalue weighted by Crippen LogP contribution is 2.19. The van der Waals surface area contributed by atoms with Gasteiger partial charge in [0.1, 0.15) is 0 Å². The second-order valence-corrected chi connectivity index (χ2v) is 6.92. The highest BCUT2D eigenvalue weighted by molar-refractivity contribution is 8.00. The summed E-state index contributed by atoms with van der Waals surface area (Å²) in [7, 11) is 0. The van der Waals surface area contributed by atoms with Crippen LogP contribution in [0.4, 0.5) is 0 Å². The van der Waals surface area contributed by atoms with Gasteiger partial charge in [-0.15, -0.1) is 11.8 Å². The molecule has 0 unspecified atom stereocenters. The van der Waals surface area contributed by atoms with Gasteiger partial charge in [0.25, 0.3) is 0 Å². The van der Waals surface area contributed by atoms with Crippen molar-refractivity contribution in [3.63, 3.8) is 0 Å². The average molecular weight is 342 g/mol. The van der Waals surface area contributed by atoms with Crippen molar-refractivity contribution in [1.29, 1.82) is 0 Å². The van der Waals surface area contributed by atoms with Crippen LogP contribution in [0.25, 0.3) is 0 Å². The number of pyridine rings is 1. The zero-order valence-corrected chi connectivity index (χ0v) is 14.5. The predicted octanol–water partition coefficient (Wildman–Crippen LogP) is 3.38. The molecule has 0 N–H and O–H groups in total. The maximum Gasteiger partial charge on any atom is 0.233 e. The normalized spacial score (nSPS) is 16.9. The molecule has 1 aliphatic rings. The van der Waals surface area contributed by atoms with E-state index in [4.69, 9.17) is 4.74 Å². The lowest BCUT2D eigenvalue weighted by molar-refractivity contribution is -0.130. The highest BCUT2D eigenvalue weighted by atomic mass is 32.2. The summed E-state index contributed by atoms with van der Waals surface area (Å²) in [5, 5.41) is 0. The molecule has 0 saturated carbocycles. The van der Waals surface area contributed by atoms with E-state index in [2.05, 4.69) is 17.1 Å². The number of hydrogen-bond acceptors (Lipinski definition) is 4. The molecule has 0 spiro atoms. The van der Waals surface area contributed by atoms with Crippen LogP contribution in [0, 0.1) is 0 Å². The molecule has 1 amide bonds. The molecule has 0 radical (unpaired) electrons. The Hall–Kier alpha value is -1.85. The molecule has 5 heteroatoms. The number of amides is 1. The quantitative estimate of drug-likeness (QED) is 0.724. The molecule has 1 fully saturated rings. The van der Waals surface area contributed by atoms with Crippen LogP contribution in [0.5, 0.6) is 0 Å². The summed E-state index contributed by atoms with van der Waals surface area (Å²) < 4.78 is 5.73. The molecule has 24 heavy (non-hydrogen) atoms. The summed E-state index contributed by atoms with van der Waals surface area (Å²) in [4.78, 5) is 19.7. The number of rotatable bonds is 7. The summed E-state index contributed by atoms with van der Waals surface area (Å²) in [6.45, 7) is 2.12. The number of hydrogen-bond donors (Lipinski definition) is 0. The monoisotopic (exact) mass is 342 g/mol. The Morgan fingerprint density at radius 3 is 2.71 bits per heavy atom. The molecular weight excluding hydrogens is 320 g/mol. The van der Waals surface area contributed by atoms with Crippen molar-refractivity contribution in [1.82, 2.24) is 9.88 Å². The molecule has 1 aromatic heterocycles. The van der Waals surface area contributed by atoms with E-state index in [0.29, 0.717) is 18.8 Å². The maximum absolute atomic E-state index is 12.7. The largest absolute Gasteiger partial charge is 0.376 e. The van der Waals surface area contributed by atoms with Crippen molar-refractivity contribution in [3.05, 3.63) is 60.4 Å². The third-order valence-corrected chi connectivity index (χ3v) is 5.03. The van der Waals surface area contributed by atoms with Gasteiger partial charge >= 0.3 is 0 Å². The molecular formula is C19H22N2O2S. The van der Waals surface area contributed by atoms with E-state index in [1.54, 1.807) is 24.2 Å². The van der Waals surface area contributed by atoms with E-state index in [1.807, 2.05) is 35.2 Å². The minimum atomic E-state index is 0.149. The summed E-state index contributed by atoms with van der Waals surface area (Å²) in [6.07, 6.45) is 5.80. The Bertz CT molecular complexity index is 630. The Morgan fingerprint density at radius 1 is 1.21 bits per heavy atom. The maximum atomic E-state index is 12.7. The molecule has 0 bridgehead atoms. The Kier molecular flexibility index (Phi) is 6.26. The Labute approximate surface area is 147 Å². The van der Waals surface area contributed by atoms with E-state index in [-0.39, 0.29) is 12.0 Å². The summed E-state index contributed by atoms with van der Waals surface area (Å²) >= 11 is 1.55. The van der Waals surface area contributed by atoms with Crippen LogP contribution in [-0.2, 0) is 16.1 Å². The summed E-state index contributed by atoms with van der Waals surface area (Å²) in [5.41, 5.74) is 1.15. The number of carbonyl (C=O) groups excluding carboxylic acids is 1. The number of thioether (sulfide) groups is 1. The zero-order valence-electron chi connectivity index (χ0n) is 13.6. The lowest BCUT2D eigenvalue weighted by Gasteiger charge is -2.25. The van der Waals surface area contributed by atoms with Gasteiger partial charge in [0.2, 0.25) is 5.91 Å². The SMILES string of the molecule is O=C(CSc1ccncc1)N(Cc1ccccc1)C[C@H]1CCCO1. The molecule has 0 aliphatic carbocycles. The smallest absolute Gasteiger partial charge is 0.233 e. The molecule has 1 aliphatic heterocycles. The topological polar surface area (TPSA) is 42.4 Å². The lowest BCUT2D eigenvalue weighted by atomic mass is 10.2. The van der Waals surface area contributed by atoms with Crippen LogP contribution in [0.2, 0.25) is 0 Å². The van der Waals surface area contributed by atoms with Gasteiger partial charge < -0.3 is 9.64 Å². The fraction of sp³-hybridized carbons (Fsp3) is 0.368. The first kappa shape index (κ1) is 17.0. The first-order valence-corrected chi connectivity index (χ1v) is 9.26. The molecule has 2 heterocycles. The highest BCUT2D eigenvalue weighted by Gasteiger charge is 2.22. The number of carbonyl (C=O) groups is 1. The fourth-order valence-corrected chi connectivity index (χ4v) is 3.55. The van der Waals surface area contributed by atoms with Crippen molar-refractivity contribution in [2.24, 2.45) is 0 Å². The average Bonchev–Trinajstić information content (AvgIpc) is 3.14. The zero-order chi connectivity index (χ0) is 16.6. The predicted molar refractivity (Wildman–Crippen MR) is 95.8 cm³/mol. The van der Waals surface area contributed by atoms with Crippen molar-refractivity contribution in [2.75, 3.05) is 18.9 Å². The molecule has 1 saturated heterocycles. The van der Waals surface area contributed by atoms with Gasteiger partial charge in [0.15, 0.2) is 0 Å². The van der Waals surface area contributed by atoms with Gasteiger partial charge in [-0.05, 0) is 30.5 Å². The number of aromatic nitrogens is 1. The molecule has 126 valence electrons. The standard InChI is InChI=1S/C19H22N2O2S/c22-19(15-24-18-8-10-20-11-9-18)21(14-17-7-4-12-23-17)13-16-5-2-1-3-6-16/h1-3,5-6,8-11,17H,4,7,12-15H2/t17-/m1/s1. The first-order chi connectivity index (χ1) is 11.8.